The van der Waals surface area contributed by atoms with E-state index in [2.05, 4.69) is 19.9 Å². The molecule has 8 rings (SSSR count). The second kappa shape index (κ2) is 14.8. The van der Waals surface area contributed by atoms with Gasteiger partial charge in [0, 0.05) is 39.9 Å². The number of aliphatic hydroxyl groups is 2. The molecule has 298 valence electrons. The van der Waals surface area contributed by atoms with E-state index in [9.17, 15) is 19.8 Å². The minimum Gasteiger partial charge on any atom is -0.448 e. The second-order valence-corrected chi connectivity index (χ2v) is 18.5. The molecule has 3 fully saturated rings. The van der Waals surface area contributed by atoms with E-state index in [0.717, 1.165) is 22.3 Å². The Balaban J connectivity index is 1.32. The first-order valence-corrected chi connectivity index (χ1v) is 20.5. The van der Waals surface area contributed by atoms with Crippen molar-refractivity contribution >= 4 is 29.3 Å². The highest BCUT2D eigenvalue weighted by Gasteiger charge is 2.76. The maximum Gasteiger partial charge on any atom is 0.313 e. The van der Waals surface area contributed by atoms with Gasteiger partial charge < -0.3 is 19.8 Å². The molecule has 0 spiro atoms. The van der Waals surface area contributed by atoms with Gasteiger partial charge in [-0.3, -0.25) is 14.4 Å². The summed E-state index contributed by atoms with van der Waals surface area (Å²) in [5.74, 6) is -1.80. The molecule has 0 aromatic heterocycles. The average Bonchev–Trinajstić information content (AvgIpc) is 3.59. The molecule has 0 radical (unpaired) electrons. The number of carbonyl (C=O) groups excluding carboxylic acids is 3. The summed E-state index contributed by atoms with van der Waals surface area (Å²) in [7, 11) is 0. The Kier molecular flexibility index (Phi) is 10.7. The fourth-order valence-electron chi connectivity index (χ4n) is 10.5. The number of hydrogen-bond donors (Lipinski definition) is 2. The first-order valence-electron chi connectivity index (χ1n) is 20.2. The molecule has 5 aliphatic rings. The van der Waals surface area contributed by atoms with Gasteiger partial charge in [-0.25, -0.2) is 4.39 Å². The minimum atomic E-state index is -1.41. The number of nitrogens with zero attached hydrogens (tertiary/aromatic N) is 1. The highest BCUT2D eigenvalue weighted by atomic mass is 35.5. The maximum atomic E-state index is 15.2. The van der Waals surface area contributed by atoms with Crippen molar-refractivity contribution in [1.29, 1.82) is 0 Å². The van der Waals surface area contributed by atoms with Crippen LogP contribution in [0.4, 0.5) is 4.39 Å². The maximum absolute atomic E-state index is 15.2. The van der Waals surface area contributed by atoms with Crippen LogP contribution in [0.3, 0.4) is 0 Å². The Hall–Kier alpha value is -3.85. The first-order chi connectivity index (χ1) is 26.4. The highest BCUT2D eigenvalue weighted by Crippen LogP contribution is 2.66. The largest absolute Gasteiger partial charge is 0.448 e. The molecule has 9 heteroatoms. The number of rotatable bonds is 8. The van der Waals surface area contributed by atoms with Crippen LogP contribution in [0.25, 0.3) is 0 Å². The molecule has 6 atom stereocenters. The molecule has 1 amide bonds. The number of ether oxygens (including phenoxy) is 1. The lowest BCUT2D eigenvalue weighted by molar-refractivity contribution is -0.178. The number of carbonyl (C=O) groups is 3. The van der Waals surface area contributed by atoms with Gasteiger partial charge in [0.15, 0.2) is 11.4 Å². The molecule has 2 saturated carbocycles. The van der Waals surface area contributed by atoms with Crippen molar-refractivity contribution in [2.24, 2.45) is 16.2 Å². The third-order valence-corrected chi connectivity index (χ3v) is 15.1. The van der Waals surface area contributed by atoms with Crippen molar-refractivity contribution in [3.05, 3.63) is 117 Å². The summed E-state index contributed by atoms with van der Waals surface area (Å²) in [6, 6.07) is 19.8. The van der Waals surface area contributed by atoms with Gasteiger partial charge in [0.05, 0.1) is 23.7 Å². The fourth-order valence-corrected chi connectivity index (χ4v) is 10.7. The van der Waals surface area contributed by atoms with E-state index in [1.165, 1.54) is 12.1 Å². The van der Waals surface area contributed by atoms with Gasteiger partial charge in [-0.15, -0.1) is 0 Å². The van der Waals surface area contributed by atoms with Crippen molar-refractivity contribution in [2.75, 3.05) is 6.54 Å². The fraction of sp³-hybridized carbons (Fsp3) is 0.511. The molecule has 7 nitrogen and oxygen atoms in total. The third kappa shape index (κ3) is 6.63. The Morgan fingerprint density at radius 1 is 0.964 bits per heavy atom. The van der Waals surface area contributed by atoms with E-state index in [-0.39, 0.29) is 53.7 Å². The van der Waals surface area contributed by atoms with Gasteiger partial charge in [0.25, 0.3) is 5.91 Å². The zero-order valence-electron chi connectivity index (χ0n) is 33.3. The summed E-state index contributed by atoms with van der Waals surface area (Å²) < 4.78 is 21.2. The number of ketones is 1. The molecule has 3 aromatic rings. The number of allylic oxidation sites excluding steroid dienone is 2. The van der Waals surface area contributed by atoms with Crippen molar-refractivity contribution in [3.63, 3.8) is 0 Å². The molecule has 3 aromatic carbocycles. The topological polar surface area (TPSA) is 104 Å². The Morgan fingerprint density at radius 3 is 2.39 bits per heavy atom. The van der Waals surface area contributed by atoms with Crippen molar-refractivity contribution in [3.8, 4) is 0 Å². The quantitative estimate of drug-likeness (QED) is 0.134. The molecule has 1 aliphatic heterocycles. The van der Waals surface area contributed by atoms with Crippen LogP contribution < -0.4 is 0 Å². The van der Waals surface area contributed by atoms with Crippen LogP contribution >= 0.6 is 11.6 Å². The van der Waals surface area contributed by atoms with E-state index in [1.807, 2.05) is 69.3 Å². The number of fused-ring (bicyclic) bond motifs is 10. The molecule has 2 N–H and O–H groups in total. The highest BCUT2D eigenvalue weighted by molar-refractivity contribution is 6.31. The molecule has 6 unspecified atom stereocenters. The van der Waals surface area contributed by atoms with Gasteiger partial charge in [-0.05, 0) is 112 Å². The zero-order chi connectivity index (χ0) is 40.3. The number of amides is 1. The number of halogens is 2. The minimum absolute atomic E-state index is 0.000902. The van der Waals surface area contributed by atoms with Gasteiger partial charge in [-0.2, -0.15) is 0 Å². The molecule has 56 heavy (non-hydrogen) atoms. The SMILES string of the molecule is CC1=CCCC2(C)C(CCC2(O)CN(Cc2ccccc2)C(=O)C23CCC(C)(C(=O)O2)C3(C)C)c2ccc(cc2C(=O)Cc2c(F)cccc2Cl)CC(O)CC1. The third-order valence-electron chi connectivity index (χ3n) is 14.8. The van der Waals surface area contributed by atoms with Crippen LogP contribution in [-0.4, -0.2) is 56.6 Å². The van der Waals surface area contributed by atoms with E-state index >= 15 is 9.18 Å². The van der Waals surface area contributed by atoms with Crippen LogP contribution in [-0.2, 0) is 33.7 Å². The summed E-state index contributed by atoms with van der Waals surface area (Å²) in [5.41, 5.74) is -1.00. The van der Waals surface area contributed by atoms with E-state index < -0.39 is 39.4 Å². The smallest absolute Gasteiger partial charge is 0.313 e. The van der Waals surface area contributed by atoms with Crippen molar-refractivity contribution in [1.82, 2.24) is 4.90 Å². The molecular weight excluding hydrogens is 729 g/mol. The average molecular weight is 784 g/mol. The van der Waals surface area contributed by atoms with Crippen molar-refractivity contribution < 1.29 is 33.7 Å². The van der Waals surface area contributed by atoms with Crippen LogP contribution in [0.5, 0.6) is 0 Å². The standard InChI is InChI=1S/C47H55ClFNO6/c1-30-11-10-21-44(4)37(34-19-17-32(25-33(51)18-16-30)26-35(34)40(52)27-36-38(48)14-9-15-39(36)49)20-22-46(44,55)29-50(28-31-12-7-6-8-13-31)41(53)47-24-23-45(5,42(54)56-47)43(47,2)3/h6-9,11-15,17,19,26,33,37,51,55H,10,16,18,20-25,27-29H2,1-5H3. The van der Waals surface area contributed by atoms with Crippen LogP contribution in [0.2, 0.25) is 5.02 Å². The normalized spacial score (nSPS) is 31.0. The van der Waals surface area contributed by atoms with E-state index in [1.54, 1.807) is 11.0 Å². The number of aliphatic hydroxyl groups excluding tert-OH is 1. The summed E-state index contributed by atoms with van der Waals surface area (Å²) in [4.78, 5) is 44.6. The van der Waals surface area contributed by atoms with Gasteiger partial charge in [0.1, 0.15) is 5.82 Å². The lowest BCUT2D eigenvalue weighted by atomic mass is 9.64. The number of benzene rings is 3. The summed E-state index contributed by atoms with van der Waals surface area (Å²) >= 11 is 6.42. The predicted octanol–water partition coefficient (Wildman–Crippen LogP) is 9.09. The van der Waals surface area contributed by atoms with Gasteiger partial charge in [-0.1, -0.05) is 92.6 Å². The molecular formula is C47H55ClFNO6. The van der Waals surface area contributed by atoms with E-state index in [0.29, 0.717) is 63.4 Å². The van der Waals surface area contributed by atoms with Crippen molar-refractivity contribution in [2.45, 2.75) is 129 Å². The Bertz CT molecular complexity index is 2050. The predicted molar refractivity (Wildman–Crippen MR) is 215 cm³/mol. The van der Waals surface area contributed by atoms with E-state index in [4.69, 9.17) is 16.3 Å². The summed E-state index contributed by atoms with van der Waals surface area (Å²) in [6.07, 6.45) is 6.00. The lowest BCUT2D eigenvalue weighted by Gasteiger charge is -2.47. The second-order valence-electron chi connectivity index (χ2n) is 18.1. The van der Waals surface area contributed by atoms with Crippen LogP contribution in [0, 0.1) is 22.1 Å². The van der Waals surface area contributed by atoms with Gasteiger partial charge in [0.2, 0.25) is 0 Å². The molecule has 1 heterocycles. The monoisotopic (exact) mass is 783 g/mol. The lowest BCUT2D eigenvalue weighted by Crippen LogP contribution is -2.60. The summed E-state index contributed by atoms with van der Waals surface area (Å²) in [6.45, 7) is 10.2. The zero-order valence-corrected chi connectivity index (χ0v) is 34.1. The molecule has 4 bridgehead atoms. The Labute approximate surface area is 335 Å². The van der Waals surface area contributed by atoms with Crippen LogP contribution in [0.1, 0.15) is 125 Å². The van der Waals surface area contributed by atoms with Crippen LogP contribution in [0.15, 0.2) is 78.4 Å². The number of Topliss-reactive ketones (excluding diaryl/α,β-unsaturated/α-hetero) is 1. The Morgan fingerprint density at radius 2 is 1.71 bits per heavy atom. The first kappa shape index (κ1) is 40.4. The van der Waals surface area contributed by atoms with Gasteiger partial charge >= 0.3 is 5.97 Å². The summed E-state index contributed by atoms with van der Waals surface area (Å²) in [5, 5.41) is 24.5. The number of hydrogen-bond acceptors (Lipinski definition) is 6. The molecule has 4 aliphatic carbocycles. The molecule has 1 saturated heterocycles. The number of esters is 1.